The Hall–Kier alpha value is -3.13. The summed E-state index contributed by atoms with van der Waals surface area (Å²) in [4.78, 5) is 44.1. The predicted molar refractivity (Wildman–Crippen MR) is 122 cm³/mol. The minimum Gasteiger partial charge on any atom is -0.533 e. The number of amides is 2. The number of phenols is 1. The quantitative estimate of drug-likeness (QED) is 0.143. The van der Waals surface area contributed by atoms with Gasteiger partial charge in [-0.1, -0.05) is 12.5 Å². The molecule has 1 aliphatic heterocycles. The Bertz CT molecular complexity index is 1160. The number of carboxylic acids is 1. The molecule has 1 unspecified atom stereocenters. The zero-order valence-electron chi connectivity index (χ0n) is 19.3. The van der Waals surface area contributed by atoms with Crippen LogP contribution in [-0.4, -0.2) is 74.6 Å². The van der Waals surface area contributed by atoms with Crippen molar-refractivity contribution < 1.29 is 67.5 Å². The standard InChI is InChI=1S/C22H25N6O7.Y/c1-12-3-2-4-15(19(12)32)16(6-18(30)31)28-17(29)9-24-20(33)13-5-14(8-23-7-13)27-21-25-10-22(34,35)11-26-21;/h3-5,7-8,16,32,34-35H,6,9-11H2,1H3,(H,24,33)(H,28,29)(H,30,31)(H2,25,26,27);/q-1;. The topological polar surface area (TPSA) is 205 Å². The SMILES string of the molecule is Cc1c[c-]cc(C(CC(=O)O)NC(=O)CNC(=O)c2cncc(NC3=NCC(O)(O)CN3)c2)c1O.[Y]. The summed E-state index contributed by atoms with van der Waals surface area (Å²) in [5.41, 5.74) is 1.20. The number of anilines is 1. The van der Waals surface area contributed by atoms with Crippen molar-refractivity contribution in [3.63, 3.8) is 0 Å². The van der Waals surface area contributed by atoms with Crippen LogP contribution < -0.4 is 21.3 Å². The predicted octanol–water partition coefficient (Wildman–Crippen LogP) is -0.993. The van der Waals surface area contributed by atoms with Crippen molar-refractivity contribution in [3.05, 3.63) is 53.3 Å². The van der Waals surface area contributed by atoms with Crippen LogP contribution in [0.25, 0.3) is 0 Å². The number of aliphatic carboxylic acids is 1. The van der Waals surface area contributed by atoms with Gasteiger partial charge in [0.25, 0.3) is 5.91 Å². The first-order valence-electron chi connectivity index (χ1n) is 10.5. The van der Waals surface area contributed by atoms with Crippen LogP contribution in [0.4, 0.5) is 5.69 Å². The van der Waals surface area contributed by atoms with Crippen molar-refractivity contribution in [1.82, 2.24) is 20.9 Å². The van der Waals surface area contributed by atoms with E-state index in [1.165, 1.54) is 30.6 Å². The number of benzene rings is 1. The molecular weight excluding hydrogens is 549 g/mol. The summed E-state index contributed by atoms with van der Waals surface area (Å²) >= 11 is 0. The molecule has 2 heterocycles. The van der Waals surface area contributed by atoms with E-state index in [1.807, 2.05) is 0 Å². The number of guanidine groups is 1. The number of carbonyl (C=O) groups excluding carboxylic acids is 2. The number of aromatic nitrogens is 1. The fourth-order valence-corrected chi connectivity index (χ4v) is 3.20. The number of carboxylic acid groups (broad SMARTS) is 1. The van der Waals surface area contributed by atoms with Gasteiger partial charge >= 0.3 is 5.97 Å². The van der Waals surface area contributed by atoms with E-state index < -0.39 is 42.6 Å². The Morgan fingerprint density at radius 3 is 2.67 bits per heavy atom. The molecule has 0 saturated carbocycles. The fraction of sp³-hybridized carbons (Fsp3) is 0.318. The number of phenolic OH excluding ortho intramolecular Hbond substituents is 1. The van der Waals surface area contributed by atoms with Gasteiger partial charge in [-0.2, -0.15) is 18.2 Å². The number of pyridine rings is 1. The van der Waals surface area contributed by atoms with Gasteiger partial charge in [0.1, 0.15) is 0 Å². The Morgan fingerprint density at radius 1 is 1.25 bits per heavy atom. The van der Waals surface area contributed by atoms with Crippen LogP contribution >= 0.6 is 0 Å². The second-order valence-corrected chi connectivity index (χ2v) is 7.93. The van der Waals surface area contributed by atoms with Crippen molar-refractivity contribution in [2.75, 3.05) is 25.0 Å². The number of aromatic hydroxyl groups is 1. The number of β-amino-alcohol motifs (C(OH)–C–C–N with tert-alkyl or cyclic N) is 2. The molecule has 8 N–H and O–H groups in total. The van der Waals surface area contributed by atoms with Crippen molar-refractivity contribution in [2.45, 2.75) is 25.2 Å². The Labute approximate surface area is 231 Å². The third-order valence-corrected chi connectivity index (χ3v) is 4.98. The smallest absolute Gasteiger partial charge is 0.304 e. The summed E-state index contributed by atoms with van der Waals surface area (Å²) in [6.07, 6.45) is 2.23. The first kappa shape index (κ1) is 29.1. The van der Waals surface area contributed by atoms with Crippen LogP contribution in [0.3, 0.4) is 0 Å². The van der Waals surface area contributed by atoms with Crippen LogP contribution in [0, 0.1) is 13.0 Å². The zero-order valence-corrected chi connectivity index (χ0v) is 22.1. The summed E-state index contributed by atoms with van der Waals surface area (Å²) in [7, 11) is 0. The average Bonchev–Trinajstić information content (AvgIpc) is 2.80. The molecule has 0 bridgehead atoms. The number of nitrogens with zero attached hydrogens (tertiary/aromatic N) is 2. The second kappa shape index (κ2) is 12.7. The first-order valence-corrected chi connectivity index (χ1v) is 10.5. The molecule has 189 valence electrons. The molecule has 1 radical (unpaired) electrons. The molecule has 13 nitrogen and oxygen atoms in total. The summed E-state index contributed by atoms with van der Waals surface area (Å²) in [6.45, 7) is 0.802. The zero-order chi connectivity index (χ0) is 25.6. The van der Waals surface area contributed by atoms with E-state index in [0.717, 1.165) is 0 Å². The second-order valence-electron chi connectivity index (χ2n) is 7.93. The third kappa shape index (κ3) is 8.23. The molecule has 0 spiro atoms. The van der Waals surface area contributed by atoms with Crippen molar-refractivity contribution in [3.8, 4) is 5.75 Å². The maximum absolute atomic E-state index is 12.5. The summed E-state index contributed by atoms with van der Waals surface area (Å²) < 4.78 is 0. The van der Waals surface area contributed by atoms with Gasteiger partial charge in [0.05, 0.1) is 43.5 Å². The van der Waals surface area contributed by atoms with Crippen molar-refractivity contribution in [1.29, 1.82) is 0 Å². The van der Waals surface area contributed by atoms with Gasteiger partial charge in [-0.05, 0) is 6.07 Å². The van der Waals surface area contributed by atoms with E-state index in [4.69, 9.17) is 0 Å². The number of nitrogens with one attached hydrogen (secondary N) is 4. The van der Waals surface area contributed by atoms with Gasteiger partial charge in [0, 0.05) is 50.7 Å². The minimum absolute atomic E-state index is 0. The van der Waals surface area contributed by atoms with E-state index in [2.05, 4.69) is 37.3 Å². The molecule has 0 saturated heterocycles. The molecule has 1 atom stereocenters. The summed E-state index contributed by atoms with van der Waals surface area (Å²) in [5, 5.41) is 48.9. The van der Waals surface area contributed by atoms with Gasteiger partial charge in [-0.15, -0.1) is 5.56 Å². The maximum Gasteiger partial charge on any atom is 0.304 e. The van der Waals surface area contributed by atoms with E-state index in [0.29, 0.717) is 11.3 Å². The van der Waals surface area contributed by atoms with Crippen LogP contribution in [0.1, 0.15) is 33.9 Å². The van der Waals surface area contributed by atoms with Gasteiger partial charge in [0.15, 0.2) is 5.96 Å². The van der Waals surface area contributed by atoms with E-state index in [-0.39, 0.29) is 68.6 Å². The average molecular weight is 574 g/mol. The Balaban J connectivity index is 0.00000456. The molecule has 14 heteroatoms. The number of hydrogen-bond acceptors (Lipinski definition) is 10. The third-order valence-electron chi connectivity index (χ3n) is 4.98. The number of hydrogen-bond donors (Lipinski definition) is 8. The number of aryl methyl sites for hydroxylation is 1. The summed E-state index contributed by atoms with van der Waals surface area (Å²) in [5.74, 6) is -4.27. The van der Waals surface area contributed by atoms with Crippen LogP contribution in [0.15, 0.2) is 35.6 Å². The largest absolute Gasteiger partial charge is 0.533 e. The molecule has 1 aromatic heterocycles. The van der Waals surface area contributed by atoms with Crippen LogP contribution in [0.5, 0.6) is 5.75 Å². The molecule has 1 aromatic carbocycles. The fourth-order valence-electron chi connectivity index (χ4n) is 3.20. The van der Waals surface area contributed by atoms with Crippen molar-refractivity contribution in [2.24, 2.45) is 4.99 Å². The van der Waals surface area contributed by atoms with Gasteiger partial charge < -0.3 is 41.7 Å². The molecule has 2 amide bonds. The molecule has 36 heavy (non-hydrogen) atoms. The van der Waals surface area contributed by atoms with E-state index in [1.54, 1.807) is 6.92 Å². The molecule has 2 aromatic rings. The van der Waals surface area contributed by atoms with Crippen LogP contribution in [-0.2, 0) is 42.3 Å². The first-order chi connectivity index (χ1) is 16.5. The Morgan fingerprint density at radius 2 is 2.00 bits per heavy atom. The number of aliphatic imine (C=N–C) groups is 1. The van der Waals surface area contributed by atoms with E-state index in [9.17, 15) is 34.8 Å². The van der Waals surface area contributed by atoms with Crippen LogP contribution in [0.2, 0.25) is 0 Å². The minimum atomic E-state index is -1.94. The van der Waals surface area contributed by atoms with Gasteiger partial charge in [-0.25, -0.2) is 4.99 Å². The maximum atomic E-state index is 12.5. The molecule has 0 aliphatic carbocycles. The van der Waals surface area contributed by atoms with E-state index >= 15 is 0 Å². The van der Waals surface area contributed by atoms with Crippen molar-refractivity contribution >= 4 is 29.4 Å². The normalized spacial score (nSPS) is 14.8. The molecule has 0 fully saturated rings. The number of carbonyl (C=O) groups is 3. The molecule has 3 rings (SSSR count). The number of rotatable bonds is 8. The monoisotopic (exact) mass is 574 g/mol. The molecular formula is C22H25N6O7Y-. The van der Waals surface area contributed by atoms with Gasteiger partial charge in [-0.3, -0.25) is 19.4 Å². The van der Waals surface area contributed by atoms with Gasteiger partial charge in [0.2, 0.25) is 11.7 Å². The summed E-state index contributed by atoms with van der Waals surface area (Å²) in [6, 6.07) is 6.14. The molecule has 1 aliphatic rings. The number of aliphatic hydroxyl groups is 2. The Kier molecular flexibility index (Phi) is 10.3.